The van der Waals surface area contributed by atoms with E-state index in [1.165, 1.54) is 0 Å². The van der Waals surface area contributed by atoms with Gasteiger partial charge in [-0.3, -0.25) is 0 Å². The van der Waals surface area contributed by atoms with Crippen LogP contribution in [-0.2, 0) is 13.1 Å². The van der Waals surface area contributed by atoms with Crippen LogP contribution in [0.5, 0.6) is 17.2 Å². The van der Waals surface area contributed by atoms with Gasteiger partial charge in [-0.2, -0.15) is 0 Å². The Balaban J connectivity index is 1.98. The molecule has 0 aliphatic carbocycles. The van der Waals surface area contributed by atoms with Crippen molar-refractivity contribution >= 4 is 24.7 Å². The molecule has 0 saturated carbocycles. The Labute approximate surface area is 187 Å². The number of ether oxygens (including phenoxy) is 2. The molecule has 7 nitrogen and oxygen atoms in total. The number of benzene rings is 2. The van der Waals surface area contributed by atoms with E-state index in [0.717, 1.165) is 22.6 Å². The second kappa shape index (κ2) is 10.4. The molecule has 2 N–H and O–H groups in total. The molecule has 9 heteroatoms. The zero-order valence-electron chi connectivity index (χ0n) is 17.6. The standard InChI is InChI=1S/C22H24BClN2O5/c1-15-12-20(31-23(27)28)21(24)22(25-15)26(13-16-4-8-18(29-2)9-5-16)14-17-6-10-19(30-3)11-7-17/h4-12,27-28H,13-14H2,1-3H3. The third kappa shape index (κ3) is 6.04. The van der Waals surface area contributed by atoms with Gasteiger partial charge in [-0.15, -0.1) is 0 Å². The summed E-state index contributed by atoms with van der Waals surface area (Å²) in [7, 11) is 1.26. The van der Waals surface area contributed by atoms with E-state index in [1.54, 1.807) is 27.2 Å². The van der Waals surface area contributed by atoms with Crippen LogP contribution in [0.3, 0.4) is 0 Å². The number of rotatable bonds is 9. The highest BCUT2D eigenvalue weighted by atomic mass is 35.5. The van der Waals surface area contributed by atoms with E-state index in [4.69, 9.17) is 25.7 Å². The van der Waals surface area contributed by atoms with Gasteiger partial charge in [-0.05, 0) is 42.3 Å². The molecule has 0 saturated heterocycles. The Morgan fingerprint density at radius 3 is 1.81 bits per heavy atom. The molecule has 31 heavy (non-hydrogen) atoms. The van der Waals surface area contributed by atoms with Crippen LogP contribution < -0.4 is 19.0 Å². The third-order valence-electron chi connectivity index (χ3n) is 4.63. The smallest absolute Gasteiger partial charge is 0.511 e. The number of hydrogen-bond donors (Lipinski definition) is 2. The maximum atomic E-state index is 9.24. The molecule has 0 unspecified atom stereocenters. The van der Waals surface area contributed by atoms with Crippen molar-refractivity contribution in [2.24, 2.45) is 0 Å². The van der Waals surface area contributed by atoms with Crippen molar-refractivity contribution in [3.05, 3.63) is 76.4 Å². The molecule has 0 aliphatic heterocycles. The fourth-order valence-electron chi connectivity index (χ4n) is 3.13. The normalized spacial score (nSPS) is 10.5. The molecule has 0 bridgehead atoms. The number of hydrogen-bond acceptors (Lipinski definition) is 7. The van der Waals surface area contributed by atoms with Gasteiger partial charge in [0.05, 0.1) is 14.2 Å². The predicted octanol–water partition coefficient (Wildman–Crippen LogP) is 3.62. The Morgan fingerprint density at radius 1 is 0.903 bits per heavy atom. The van der Waals surface area contributed by atoms with E-state index >= 15 is 0 Å². The first-order chi connectivity index (χ1) is 14.9. The van der Waals surface area contributed by atoms with E-state index in [2.05, 4.69) is 4.98 Å². The minimum absolute atomic E-state index is 0.147. The van der Waals surface area contributed by atoms with Gasteiger partial charge in [0.2, 0.25) is 0 Å². The lowest BCUT2D eigenvalue weighted by molar-refractivity contribution is 0.288. The zero-order valence-corrected chi connectivity index (χ0v) is 18.3. The first-order valence-corrected chi connectivity index (χ1v) is 9.98. The number of aryl methyl sites for hydroxylation is 1. The Bertz CT molecular complexity index is 951. The summed E-state index contributed by atoms with van der Waals surface area (Å²) in [5.74, 6) is 2.16. The van der Waals surface area contributed by atoms with Crippen LogP contribution in [0.2, 0.25) is 5.02 Å². The molecule has 0 radical (unpaired) electrons. The van der Waals surface area contributed by atoms with Crippen LogP contribution >= 0.6 is 11.6 Å². The Kier molecular flexibility index (Phi) is 7.62. The molecule has 0 amide bonds. The molecule has 3 aromatic rings. The molecule has 162 valence electrons. The molecule has 2 aromatic carbocycles. The van der Waals surface area contributed by atoms with Crippen LogP contribution in [0.1, 0.15) is 16.8 Å². The van der Waals surface area contributed by atoms with Gasteiger partial charge >= 0.3 is 7.32 Å². The average molecular weight is 443 g/mol. The van der Waals surface area contributed by atoms with Crippen LogP contribution in [0.4, 0.5) is 5.82 Å². The third-order valence-corrected chi connectivity index (χ3v) is 4.99. The number of halogens is 1. The highest BCUT2D eigenvalue weighted by molar-refractivity contribution is 6.37. The maximum absolute atomic E-state index is 9.24. The molecular weight excluding hydrogens is 419 g/mol. The molecule has 1 heterocycles. The summed E-state index contributed by atoms with van der Waals surface area (Å²) in [6, 6.07) is 17.0. The first kappa shape index (κ1) is 22.7. The second-order valence-electron chi connectivity index (χ2n) is 6.90. The van der Waals surface area contributed by atoms with Crippen LogP contribution in [0.25, 0.3) is 0 Å². The number of methoxy groups -OCH3 is 2. The Hall–Kier alpha value is -2.94. The SMILES string of the molecule is COc1ccc(CN(Cc2ccc(OC)cc2)c2nc(C)cc(OB(O)O)c2Cl)cc1. The number of pyridine rings is 1. The largest absolute Gasteiger partial charge is 0.707 e. The summed E-state index contributed by atoms with van der Waals surface area (Å²) in [6.07, 6.45) is 0. The van der Waals surface area contributed by atoms with Crippen molar-refractivity contribution in [3.8, 4) is 17.2 Å². The fourth-order valence-corrected chi connectivity index (χ4v) is 3.39. The number of nitrogens with zero attached hydrogens (tertiary/aromatic N) is 2. The van der Waals surface area contributed by atoms with Crippen LogP contribution in [0.15, 0.2) is 54.6 Å². The van der Waals surface area contributed by atoms with E-state index < -0.39 is 7.32 Å². The summed E-state index contributed by atoms with van der Waals surface area (Å²) in [6.45, 7) is 2.80. The summed E-state index contributed by atoms with van der Waals surface area (Å²) in [5, 5.41) is 18.7. The zero-order chi connectivity index (χ0) is 22.4. The van der Waals surface area contributed by atoms with Crippen molar-refractivity contribution < 1.29 is 24.2 Å². The first-order valence-electron chi connectivity index (χ1n) is 9.60. The van der Waals surface area contributed by atoms with Crippen molar-refractivity contribution in [2.45, 2.75) is 20.0 Å². The Morgan fingerprint density at radius 2 is 1.39 bits per heavy atom. The minimum Gasteiger partial charge on any atom is -0.511 e. The van der Waals surface area contributed by atoms with E-state index in [9.17, 15) is 10.0 Å². The second-order valence-corrected chi connectivity index (χ2v) is 7.27. The summed E-state index contributed by atoms with van der Waals surface area (Å²) < 4.78 is 15.5. The fraction of sp³-hybridized carbons (Fsp3) is 0.227. The highest BCUT2D eigenvalue weighted by Crippen LogP contribution is 2.35. The average Bonchev–Trinajstić information content (AvgIpc) is 2.76. The summed E-state index contributed by atoms with van der Waals surface area (Å²) in [5.41, 5.74) is 2.68. The van der Waals surface area contributed by atoms with Gasteiger partial charge in [0, 0.05) is 24.8 Å². The van der Waals surface area contributed by atoms with E-state index in [1.807, 2.05) is 53.4 Å². The lowest BCUT2D eigenvalue weighted by Crippen LogP contribution is -2.25. The van der Waals surface area contributed by atoms with Crippen LogP contribution in [-0.4, -0.2) is 36.6 Å². The van der Waals surface area contributed by atoms with Crippen molar-refractivity contribution in [2.75, 3.05) is 19.1 Å². The van der Waals surface area contributed by atoms with Gasteiger partial charge in [0.25, 0.3) is 0 Å². The lowest BCUT2D eigenvalue weighted by atomic mass is 10.1. The van der Waals surface area contributed by atoms with Crippen molar-refractivity contribution in [3.63, 3.8) is 0 Å². The van der Waals surface area contributed by atoms with Gasteiger partial charge in [-0.25, -0.2) is 4.98 Å². The quantitative estimate of drug-likeness (QED) is 0.490. The van der Waals surface area contributed by atoms with Crippen molar-refractivity contribution in [1.82, 2.24) is 4.98 Å². The highest BCUT2D eigenvalue weighted by Gasteiger charge is 2.21. The molecule has 0 fully saturated rings. The molecule has 3 rings (SSSR count). The van der Waals surface area contributed by atoms with Gasteiger partial charge in [0.1, 0.15) is 22.3 Å². The molecule has 1 aromatic heterocycles. The van der Waals surface area contributed by atoms with Gasteiger partial charge < -0.3 is 29.1 Å². The van der Waals surface area contributed by atoms with Gasteiger partial charge in [-0.1, -0.05) is 35.9 Å². The number of anilines is 1. The number of aromatic nitrogens is 1. The van der Waals surface area contributed by atoms with Crippen LogP contribution in [0, 0.1) is 6.92 Å². The van der Waals surface area contributed by atoms with E-state index in [-0.39, 0.29) is 10.8 Å². The van der Waals surface area contributed by atoms with E-state index in [0.29, 0.717) is 24.6 Å². The molecular formula is C22H24BClN2O5. The summed E-state index contributed by atoms with van der Waals surface area (Å²) >= 11 is 6.56. The maximum Gasteiger partial charge on any atom is 0.707 e. The lowest BCUT2D eigenvalue weighted by Gasteiger charge is -2.26. The molecule has 0 atom stereocenters. The minimum atomic E-state index is -1.98. The van der Waals surface area contributed by atoms with Gasteiger partial charge in [0.15, 0.2) is 5.82 Å². The predicted molar refractivity (Wildman–Crippen MR) is 121 cm³/mol. The topological polar surface area (TPSA) is 84.3 Å². The monoisotopic (exact) mass is 442 g/mol. The molecule has 0 aliphatic rings. The molecule has 0 spiro atoms. The van der Waals surface area contributed by atoms with Crippen molar-refractivity contribution in [1.29, 1.82) is 0 Å². The summed E-state index contributed by atoms with van der Waals surface area (Å²) in [4.78, 5) is 6.60.